The fraction of sp³-hybridized carbons (Fsp3) is 0.650. The summed E-state index contributed by atoms with van der Waals surface area (Å²) in [4.78, 5) is 4.44. The standard InChI is InChI=1S/C20H33N/c1-12(2)15-11-16(13(3)4)19(21-10)17(14(5)6)18(15)20(7,8)9/h11-14H,10H2,1-9H3. The van der Waals surface area contributed by atoms with Crippen LogP contribution in [0, 0.1) is 0 Å². The van der Waals surface area contributed by atoms with Crippen LogP contribution in [0.25, 0.3) is 0 Å². The van der Waals surface area contributed by atoms with Gasteiger partial charge in [-0.1, -0.05) is 68.4 Å². The van der Waals surface area contributed by atoms with Gasteiger partial charge >= 0.3 is 0 Å². The molecular weight excluding hydrogens is 254 g/mol. The van der Waals surface area contributed by atoms with E-state index in [0.29, 0.717) is 17.8 Å². The minimum absolute atomic E-state index is 0.119. The summed E-state index contributed by atoms with van der Waals surface area (Å²) in [7, 11) is 0. The van der Waals surface area contributed by atoms with Crippen molar-refractivity contribution in [2.24, 2.45) is 4.99 Å². The minimum Gasteiger partial charge on any atom is -0.264 e. The molecule has 0 radical (unpaired) electrons. The molecule has 0 N–H and O–H groups in total. The number of nitrogens with zero attached hydrogens (tertiary/aromatic N) is 1. The number of benzene rings is 1. The van der Waals surface area contributed by atoms with Crippen LogP contribution in [0.2, 0.25) is 0 Å². The van der Waals surface area contributed by atoms with Crippen molar-refractivity contribution in [3.63, 3.8) is 0 Å². The molecule has 1 heteroatoms. The van der Waals surface area contributed by atoms with Gasteiger partial charge in [0, 0.05) is 0 Å². The third-order valence-electron chi connectivity index (χ3n) is 4.13. The van der Waals surface area contributed by atoms with Crippen LogP contribution < -0.4 is 0 Å². The molecule has 0 bridgehead atoms. The smallest absolute Gasteiger partial charge is 0.0694 e. The predicted molar refractivity (Wildman–Crippen MR) is 96.6 cm³/mol. The maximum Gasteiger partial charge on any atom is 0.0694 e. The maximum absolute atomic E-state index is 4.44. The van der Waals surface area contributed by atoms with Gasteiger partial charge in [-0.05, 0) is 52.1 Å². The van der Waals surface area contributed by atoms with Gasteiger partial charge in [-0.3, -0.25) is 4.99 Å². The van der Waals surface area contributed by atoms with Crippen LogP contribution >= 0.6 is 0 Å². The summed E-state index contributed by atoms with van der Waals surface area (Å²) < 4.78 is 0. The Morgan fingerprint density at radius 1 is 0.857 bits per heavy atom. The first kappa shape index (κ1) is 17.9. The van der Waals surface area contributed by atoms with Crippen molar-refractivity contribution in [1.29, 1.82) is 0 Å². The summed E-state index contributed by atoms with van der Waals surface area (Å²) in [6.45, 7) is 24.4. The van der Waals surface area contributed by atoms with E-state index in [4.69, 9.17) is 0 Å². The molecule has 0 spiro atoms. The van der Waals surface area contributed by atoms with E-state index in [1.807, 2.05) is 0 Å². The molecule has 1 aromatic carbocycles. The Kier molecular flexibility index (Phi) is 5.41. The van der Waals surface area contributed by atoms with Gasteiger partial charge in [0.1, 0.15) is 0 Å². The van der Waals surface area contributed by atoms with E-state index in [-0.39, 0.29) is 5.41 Å². The molecule has 0 unspecified atom stereocenters. The molecule has 0 aliphatic carbocycles. The zero-order valence-electron chi connectivity index (χ0n) is 15.5. The number of hydrogen-bond donors (Lipinski definition) is 0. The Morgan fingerprint density at radius 3 is 1.62 bits per heavy atom. The van der Waals surface area contributed by atoms with Crippen LogP contribution in [-0.2, 0) is 5.41 Å². The first-order valence-electron chi connectivity index (χ1n) is 8.20. The summed E-state index contributed by atoms with van der Waals surface area (Å²) in [5.41, 5.74) is 6.92. The quantitative estimate of drug-likeness (QED) is 0.547. The van der Waals surface area contributed by atoms with Gasteiger partial charge in [0.2, 0.25) is 0 Å². The van der Waals surface area contributed by atoms with Crippen LogP contribution in [0.1, 0.15) is 102 Å². The summed E-state index contributed by atoms with van der Waals surface area (Å²) >= 11 is 0. The summed E-state index contributed by atoms with van der Waals surface area (Å²) in [6, 6.07) is 2.38. The first-order valence-corrected chi connectivity index (χ1v) is 8.20. The van der Waals surface area contributed by atoms with Crippen molar-refractivity contribution in [1.82, 2.24) is 0 Å². The van der Waals surface area contributed by atoms with E-state index in [1.165, 1.54) is 22.3 Å². The van der Waals surface area contributed by atoms with Gasteiger partial charge in [-0.25, -0.2) is 0 Å². The van der Waals surface area contributed by atoms with Gasteiger partial charge in [0.25, 0.3) is 0 Å². The Hall–Kier alpha value is -1.11. The Morgan fingerprint density at radius 2 is 1.33 bits per heavy atom. The fourth-order valence-electron chi connectivity index (χ4n) is 3.21. The van der Waals surface area contributed by atoms with Gasteiger partial charge in [0.05, 0.1) is 5.69 Å². The lowest BCUT2D eigenvalue weighted by Gasteiger charge is -2.32. The van der Waals surface area contributed by atoms with Crippen LogP contribution in [0.3, 0.4) is 0 Å². The number of rotatable bonds is 4. The Labute approximate surface area is 131 Å². The predicted octanol–water partition coefficient (Wildman–Crippen LogP) is 6.69. The topological polar surface area (TPSA) is 12.4 Å². The van der Waals surface area contributed by atoms with E-state index < -0.39 is 0 Å². The third-order valence-corrected chi connectivity index (χ3v) is 4.13. The van der Waals surface area contributed by atoms with E-state index in [1.54, 1.807) is 0 Å². The molecule has 1 rings (SSSR count). The second-order valence-electron chi connectivity index (χ2n) is 8.06. The molecular formula is C20H33N. The van der Waals surface area contributed by atoms with E-state index >= 15 is 0 Å². The maximum atomic E-state index is 4.44. The van der Waals surface area contributed by atoms with Gasteiger partial charge < -0.3 is 0 Å². The van der Waals surface area contributed by atoms with Crippen LogP contribution in [0.15, 0.2) is 11.1 Å². The van der Waals surface area contributed by atoms with Crippen molar-refractivity contribution in [3.8, 4) is 0 Å². The second kappa shape index (κ2) is 6.34. The summed E-state index contributed by atoms with van der Waals surface area (Å²) in [5.74, 6) is 1.44. The molecule has 118 valence electrons. The van der Waals surface area contributed by atoms with E-state index in [0.717, 1.165) is 5.69 Å². The third kappa shape index (κ3) is 3.56. The molecule has 0 aromatic heterocycles. The van der Waals surface area contributed by atoms with Gasteiger partial charge in [-0.2, -0.15) is 0 Å². The molecule has 21 heavy (non-hydrogen) atoms. The van der Waals surface area contributed by atoms with Gasteiger partial charge in [0.15, 0.2) is 0 Å². The molecule has 0 heterocycles. The zero-order valence-corrected chi connectivity index (χ0v) is 15.5. The fourth-order valence-corrected chi connectivity index (χ4v) is 3.21. The second-order valence-corrected chi connectivity index (χ2v) is 8.06. The van der Waals surface area contributed by atoms with Crippen molar-refractivity contribution in [2.45, 2.75) is 85.5 Å². The molecule has 0 aliphatic heterocycles. The molecule has 0 fully saturated rings. The zero-order chi connectivity index (χ0) is 16.5. The highest BCUT2D eigenvalue weighted by molar-refractivity contribution is 5.65. The summed E-state index contributed by atoms with van der Waals surface area (Å²) in [5, 5.41) is 0. The monoisotopic (exact) mass is 287 g/mol. The number of aliphatic imine (C=N–C) groups is 1. The van der Waals surface area contributed by atoms with Crippen LogP contribution in [0.4, 0.5) is 5.69 Å². The minimum atomic E-state index is 0.119. The molecule has 0 amide bonds. The average molecular weight is 287 g/mol. The van der Waals surface area contributed by atoms with Crippen molar-refractivity contribution >= 4 is 12.4 Å². The first-order chi connectivity index (χ1) is 9.52. The van der Waals surface area contributed by atoms with Crippen LogP contribution in [0.5, 0.6) is 0 Å². The highest BCUT2D eigenvalue weighted by atomic mass is 14.7. The molecule has 0 saturated carbocycles. The number of hydrogen-bond acceptors (Lipinski definition) is 1. The lowest BCUT2D eigenvalue weighted by Crippen LogP contribution is -2.20. The normalized spacial score (nSPS) is 12.6. The average Bonchev–Trinajstić information content (AvgIpc) is 2.34. The lowest BCUT2D eigenvalue weighted by atomic mass is 9.73. The van der Waals surface area contributed by atoms with Gasteiger partial charge in [-0.15, -0.1) is 0 Å². The lowest BCUT2D eigenvalue weighted by molar-refractivity contribution is 0.563. The highest BCUT2D eigenvalue weighted by Crippen LogP contribution is 2.45. The molecule has 0 aliphatic rings. The van der Waals surface area contributed by atoms with E-state index in [9.17, 15) is 0 Å². The Bertz CT molecular complexity index is 514. The summed E-state index contributed by atoms with van der Waals surface area (Å²) in [6.07, 6.45) is 0. The van der Waals surface area contributed by atoms with E-state index in [2.05, 4.69) is 80.1 Å². The SMILES string of the molecule is C=Nc1c(C(C)C)cc(C(C)C)c(C(C)(C)C)c1C(C)C. The molecule has 1 aromatic rings. The van der Waals surface area contributed by atoms with Crippen LogP contribution in [-0.4, -0.2) is 6.72 Å². The largest absolute Gasteiger partial charge is 0.264 e. The van der Waals surface area contributed by atoms with Crippen molar-refractivity contribution in [2.75, 3.05) is 0 Å². The van der Waals surface area contributed by atoms with Crippen molar-refractivity contribution < 1.29 is 0 Å². The Balaban J connectivity index is 3.96. The highest BCUT2D eigenvalue weighted by Gasteiger charge is 2.28. The molecule has 0 atom stereocenters. The molecule has 0 saturated heterocycles. The van der Waals surface area contributed by atoms with Crippen molar-refractivity contribution in [3.05, 3.63) is 28.3 Å². The molecule has 1 nitrogen and oxygen atoms in total.